The van der Waals surface area contributed by atoms with Gasteiger partial charge in [-0.05, 0) is 37.1 Å². The maximum Gasteiger partial charge on any atom is 0.417 e. The minimum Gasteiger partial charge on any atom is -0.321 e. The number of alkyl halides is 3. The van der Waals surface area contributed by atoms with Crippen LogP contribution in [0.15, 0.2) is 42.6 Å². The lowest BCUT2D eigenvalue weighted by Gasteiger charge is -2.30. The Hall–Kier alpha value is -3.10. The van der Waals surface area contributed by atoms with Crippen molar-refractivity contribution in [3.8, 4) is 0 Å². The van der Waals surface area contributed by atoms with Crippen LogP contribution in [0.2, 0.25) is 0 Å². The third-order valence-corrected chi connectivity index (χ3v) is 5.82. The zero-order chi connectivity index (χ0) is 22.0. The van der Waals surface area contributed by atoms with Crippen molar-refractivity contribution < 1.29 is 22.8 Å². The monoisotopic (exact) mass is 432 g/mol. The highest BCUT2D eigenvalue weighted by Gasteiger charge is 2.36. The summed E-state index contributed by atoms with van der Waals surface area (Å²) in [4.78, 5) is 33.0. The molecule has 1 aromatic carbocycles. The number of halogens is 3. The fraction of sp³-hybridized carbons (Fsp3) is 0.409. The molecule has 0 spiro atoms. The Bertz CT molecular complexity index is 956. The Kier molecular flexibility index (Phi) is 5.84. The van der Waals surface area contributed by atoms with Crippen LogP contribution >= 0.6 is 0 Å². The third kappa shape index (κ3) is 4.50. The number of rotatable bonds is 4. The standard InChI is InChI=1S/C22H23F3N4O2/c23-22(24,25)18-9-5-4-8-17(18)20(30)27-15-10-11-19(26-14-15)29-13-12-28(21(29)31)16-6-2-1-3-7-16/h4-5,8-11,14,16H,1-3,6-7,12-13H2,(H,27,30). The number of nitrogens with one attached hydrogen (secondary N) is 1. The summed E-state index contributed by atoms with van der Waals surface area (Å²) in [6.07, 6.45) is 2.26. The van der Waals surface area contributed by atoms with Gasteiger partial charge in [-0.3, -0.25) is 9.69 Å². The molecule has 1 aliphatic carbocycles. The predicted molar refractivity (Wildman–Crippen MR) is 110 cm³/mol. The normalized spacial score (nSPS) is 17.8. The molecule has 31 heavy (non-hydrogen) atoms. The molecule has 0 atom stereocenters. The molecule has 2 aliphatic rings. The van der Waals surface area contributed by atoms with E-state index in [2.05, 4.69) is 10.3 Å². The minimum absolute atomic E-state index is 0.0738. The molecule has 2 fully saturated rings. The lowest BCUT2D eigenvalue weighted by atomic mass is 9.94. The number of nitrogens with zero attached hydrogens (tertiary/aromatic N) is 3. The summed E-state index contributed by atoms with van der Waals surface area (Å²) in [5, 5.41) is 2.44. The van der Waals surface area contributed by atoms with Crippen molar-refractivity contribution in [2.24, 2.45) is 0 Å². The second-order valence-electron chi connectivity index (χ2n) is 7.82. The first-order valence-corrected chi connectivity index (χ1v) is 10.4. The van der Waals surface area contributed by atoms with Crippen LogP contribution in [0.4, 0.5) is 29.5 Å². The molecule has 1 saturated heterocycles. The second-order valence-corrected chi connectivity index (χ2v) is 7.82. The van der Waals surface area contributed by atoms with Gasteiger partial charge in [-0.1, -0.05) is 31.4 Å². The molecule has 2 heterocycles. The Balaban J connectivity index is 1.43. The van der Waals surface area contributed by atoms with E-state index < -0.39 is 23.2 Å². The van der Waals surface area contributed by atoms with E-state index in [-0.39, 0.29) is 17.8 Å². The average Bonchev–Trinajstić information content (AvgIpc) is 3.15. The quantitative estimate of drug-likeness (QED) is 0.745. The Morgan fingerprint density at radius 1 is 1.03 bits per heavy atom. The third-order valence-electron chi connectivity index (χ3n) is 5.82. The molecule has 0 radical (unpaired) electrons. The summed E-state index contributed by atoms with van der Waals surface area (Å²) in [5.41, 5.74) is -1.21. The van der Waals surface area contributed by atoms with Gasteiger partial charge in [0.05, 0.1) is 23.0 Å². The molecule has 6 nitrogen and oxygen atoms in total. The Morgan fingerprint density at radius 2 is 1.77 bits per heavy atom. The van der Waals surface area contributed by atoms with E-state index in [1.165, 1.54) is 30.8 Å². The molecule has 1 aromatic heterocycles. The van der Waals surface area contributed by atoms with E-state index in [9.17, 15) is 22.8 Å². The van der Waals surface area contributed by atoms with E-state index in [0.717, 1.165) is 37.8 Å². The van der Waals surface area contributed by atoms with Crippen LogP contribution in [-0.4, -0.2) is 41.0 Å². The minimum atomic E-state index is -4.63. The first-order valence-electron chi connectivity index (χ1n) is 10.4. The van der Waals surface area contributed by atoms with Gasteiger partial charge in [-0.2, -0.15) is 13.2 Å². The second kappa shape index (κ2) is 8.56. The zero-order valence-electron chi connectivity index (χ0n) is 16.9. The van der Waals surface area contributed by atoms with Gasteiger partial charge < -0.3 is 10.2 Å². The molecule has 1 N–H and O–H groups in total. The topological polar surface area (TPSA) is 65.5 Å². The first-order chi connectivity index (χ1) is 14.8. The van der Waals surface area contributed by atoms with Gasteiger partial charge in [0.2, 0.25) is 0 Å². The summed E-state index contributed by atoms with van der Waals surface area (Å²) in [7, 11) is 0. The van der Waals surface area contributed by atoms with Crippen molar-refractivity contribution in [2.45, 2.75) is 44.3 Å². The highest BCUT2D eigenvalue weighted by Crippen LogP contribution is 2.32. The molecule has 4 rings (SSSR count). The summed E-state index contributed by atoms with van der Waals surface area (Å²) in [6.45, 7) is 1.19. The molecular weight excluding hydrogens is 409 g/mol. The molecule has 3 amide bonds. The van der Waals surface area contributed by atoms with Gasteiger partial charge in [-0.15, -0.1) is 0 Å². The zero-order valence-corrected chi connectivity index (χ0v) is 16.9. The summed E-state index contributed by atoms with van der Waals surface area (Å²) < 4.78 is 39.4. The van der Waals surface area contributed by atoms with Crippen LogP contribution in [0, 0.1) is 0 Å². The van der Waals surface area contributed by atoms with Crippen molar-refractivity contribution in [1.29, 1.82) is 0 Å². The lowest BCUT2D eigenvalue weighted by Crippen LogP contribution is -2.40. The van der Waals surface area contributed by atoms with Crippen LogP contribution in [0.5, 0.6) is 0 Å². The molecular formula is C22H23F3N4O2. The van der Waals surface area contributed by atoms with Crippen molar-refractivity contribution in [2.75, 3.05) is 23.3 Å². The molecule has 0 unspecified atom stereocenters. The van der Waals surface area contributed by atoms with Gasteiger partial charge in [0.15, 0.2) is 0 Å². The van der Waals surface area contributed by atoms with Crippen molar-refractivity contribution >= 4 is 23.4 Å². The largest absolute Gasteiger partial charge is 0.417 e. The molecule has 9 heteroatoms. The summed E-state index contributed by atoms with van der Waals surface area (Å²) in [5.74, 6) is -0.416. The molecule has 1 aliphatic heterocycles. The maximum atomic E-state index is 13.1. The predicted octanol–water partition coefficient (Wildman–Crippen LogP) is 4.93. The highest BCUT2D eigenvalue weighted by molar-refractivity contribution is 6.05. The van der Waals surface area contributed by atoms with E-state index >= 15 is 0 Å². The summed E-state index contributed by atoms with van der Waals surface area (Å²) >= 11 is 0. The van der Waals surface area contributed by atoms with E-state index in [1.54, 1.807) is 11.0 Å². The van der Waals surface area contributed by atoms with Gasteiger partial charge >= 0.3 is 12.2 Å². The highest BCUT2D eigenvalue weighted by atomic mass is 19.4. The number of benzene rings is 1. The van der Waals surface area contributed by atoms with Crippen LogP contribution in [0.25, 0.3) is 0 Å². The number of aromatic nitrogens is 1. The van der Waals surface area contributed by atoms with Crippen LogP contribution in [-0.2, 0) is 6.18 Å². The van der Waals surface area contributed by atoms with E-state index in [1.807, 2.05) is 4.90 Å². The van der Waals surface area contributed by atoms with Crippen LogP contribution in [0.1, 0.15) is 48.0 Å². The fourth-order valence-corrected chi connectivity index (χ4v) is 4.24. The smallest absolute Gasteiger partial charge is 0.321 e. The van der Waals surface area contributed by atoms with E-state index in [4.69, 9.17) is 0 Å². The van der Waals surface area contributed by atoms with Gasteiger partial charge in [0.1, 0.15) is 5.82 Å². The summed E-state index contributed by atoms with van der Waals surface area (Å²) in [6, 6.07) is 7.94. The first kappa shape index (κ1) is 21.1. The molecule has 0 bridgehead atoms. The fourth-order valence-electron chi connectivity index (χ4n) is 4.24. The van der Waals surface area contributed by atoms with Gasteiger partial charge in [-0.25, -0.2) is 9.78 Å². The number of carbonyl (C=O) groups is 2. The van der Waals surface area contributed by atoms with Crippen molar-refractivity contribution in [1.82, 2.24) is 9.88 Å². The number of amides is 3. The number of carbonyl (C=O) groups excluding carboxylic acids is 2. The number of hydrogen-bond acceptors (Lipinski definition) is 3. The van der Waals surface area contributed by atoms with Crippen LogP contribution < -0.4 is 10.2 Å². The number of hydrogen-bond donors (Lipinski definition) is 1. The van der Waals surface area contributed by atoms with Crippen LogP contribution in [0.3, 0.4) is 0 Å². The maximum absolute atomic E-state index is 13.1. The van der Waals surface area contributed by atoms with Crippen molar-refractivity contribution in [3.05, 3.63) is 53.7 Å². The number of urea groups is 1. The van der Waals surface area contributed by atoms with Gasteiger partial charge in [0.25, 0.3) is 5.91 Å². The lowest BCUT2D eigenvalue weighted by molar-refractivity contribution is -0.137. The average molecular weight is 432 g/mol. The van der Waals surface area contributed by atoms with E-state index in [0.29, 0.717) is 18.9 Å². The number of pyridine rings is 1. The molecule has 164 valence electrons. The Labute approximate surface area is 178 Å². The SMILES string of the molecule is O=C(Nc1ccc(N2CCN(C3CCCCC3)C2=O)nc1)c1ccccc1C(F)(F)F. The van der Waals surface area contributed by atoms with Crippen molar-refractivity contribution in [3.63, 3.8) is 0 Å². The molecule has 1 saturated carbocycles. The molecule has 2 aromatic rings. The van der Waals surface area contributed by atoms with Gasteiger partial charge in [0, 0.05) is 19.1 Å². The Morgan fingerprint density at radius 3 is 2.45 bits per heavy atom. The number of anilines is 2.